The molecule has 5 nitrogen and oxygen atoms in total. The number of carbonyl (C=O) groups excluding carboxylic acids is 1. The first kappa shape index (κ1) is 13.5. The lowest BCUT2D eigenvalue weighted by atomic mass is 9.89. The molecular formula is C14H17NO4. The summed E-state index contributed by atoms with van der Waals surface area (Å²) in [5, 5.41) is 12.1. The van der Waals surface area contributed by atoms with Crippen LogP contribution in [0.15, 0.2) is 30.3 Å². The Morgan fingerprint density at radius 3 is 2.58 bits per heavy atom. The molecule has 19 heavy (non-hydrogen) atoms. The predicted octanol–water partition coefficient (Wildman–Crippen LogP) is 1.33. The lowest BCUT2D eigenvalue weighted by Gasteiger charge is -2.31. The summed E-state index contributed by atoms with van der Waals surface area (Å²) in [6, 6.07) is 9.21. The second-order valence-corrected chi connectivity index (χ2v) is 4.66. The first-order valence-electron chi connectivity index (χ1n) is 6.35. The fourth-order valence-corrected chi connectivity index (χ4v) is 2.20. The topological polar surface area (TPSA) is 75.6 Å². The molecule has 2 rings (SSSR count). The van der Waals surface area contributed by atoms with Gasteiger partial charge in [0.1, 0.15) is 6.61 Å². The fourth-order valence-electron chi connectivity index (χ4n) is 2.20. The van der Waals surface area contributed by atoms with Gasteiger partial charge < -0.3 is 9.84 Å². The highest BCUT2D eigenvalue weighted by Crippen LogP contribution is 2.22. The van der Waals surface area contributed by atoms with Crippen molar-refractivity contribution in [1.29, 1.82) is 0 Å². The molecule has 1 aromatic rings. The van der Waals surface area contributed by atoms with Gasteiger partial charge in [-0.2, -0.15) is 0 Å². The standard InChI is InChI=1S/C14H17NO4/c16-12(17)14(8-4-5-9-15-14)13(18)19-10-11-6-2-1-3-7-11/h1-3,6-7,15H,4-5,8-10H2,(H,16,17)/t14-/m0/s1. The first-order chi connectivity index (χ1) is 9.15. The van der Waals surface area contributed by atoms with Crippen LogP contribution in [0.5, 0.6) is 0 Å². The van der Waals surface area contributed by atoms with Crippen molar-refractivity contribution < 1.29 is 19.4 Å². The number of hydrogen-bond acceptors (Lipinski definition) is 4. The summed E-state index contributed by atoms with van der Waals surface area (Å²) in [6.45, 7) is 0.614. The van der Waals surface area contributed by atoms with Crippen LogP contribution in [0.3, 0.4) is 0 Å². The van der Waals surface area contributed by atoms with Gasteiger partial charge in [-0.3, -0.25) is 5.32 Å². The number of rotatable bonds is 4. The number of aliphatic carboxylic acids is 1. The molecule has 0 saturated carbocycles. The van der Waals surface area contributed by atoms with Gasteiger partial charge in [0.15, 0.2) is 0 Å². The van der Waals surface area contributed by atoms with Crippen molar-refractivity contribution >= 4 is 11.9 Å². The van der Waals surface area contributed by atoms with Gasteiger partial charge in [-0.05, 0) is 31.4 Å². The largest absolute Gasteiger partial charge is 0.479 e. The van der Waals surface area contributed by atoms with Gasteiger partial charge in [0.2, 0.25) is 5.54 Å². The van der Waals surface area contributed by atoms with Crippen molar-refractivity contribution in [3.8, 4) is 0 Å². The van der Waals surface area contributed by atoms with Gasteiger partial charge in [0.25, 0.3) is 0 Å². The van der Waals surface area contributed by atoms with Gasteiger partial charge in [-0.15, -0.1) is 0 Å². The molecule has 1 aliphatic rings. The molecule has 1 heterocycles. The molecule has 1 aliphatic heterocycles. The third-order valence-corrected chi connectivity index (χ3v) is 3.33. The molecule has 1 aromatic carbocycles. The summed E-state index contributed by atoms with van der Waals surface area (Å²) in [7, 11) is 0. The fraction of sp³-hybridized carbons (Fsp3) is 0.429. The van der Waals surface area contributed by atoms with Crippen molar-refractivity contribution in [2.24, 2.45) is 0 Å². The Kier molecular flexibility index (Phi) is 4.16. The van der Waals surface area contributed by atoms with Crippen LogP contribution in [0.25, 0.3) is 0 Å². The van der Waals surface area contributed by atoms with E-state index in [0.717, 1.165) is 12.0 Å². The molecule has 0 unspecified atom stereocenters. The van der Waals surface area contributed by atoms with Crippen molar-refractivity contribution in [2.45, 2.75) is 31.4 Å². The first-order valence-corrected chi connectivity index (χ1v) is 6.35. The van der Waals surface area contributed by atoms with Crippen molar-refractivity contribution in [3.05, 3.63) is 35.9 Å². The van der Waals surface area contributed by atoms with Gasteiger partial charge in [-0.25, -0.2) is 9.59 Å². The van der Waals surface area contributed by atoms with Gasteiger partial charge in [-0.1, -0.05) is 30.3 Å². The van der Waals surface area contributed by atoms with Gasteiger partial charge in [0, 0.05) is 0 Å². The summed E-state index contributed by atoms with van der Waals surface area (Å²) >= 11 is 0. The van der Waals surface area contributed by atoms with Crippen LogP contribution in [0.1, 0.15) is 24.8 Å². The molecule has 1 atom stereocenters. The summed E-state index contributed by atoms with van der Waals surface area (Å²) in [6.07, 6.45) is 1.86. The predicted molar refractivity (Wildman–Crippen MR) is 68.5 cm³/mol. The van der Waals surface area contributed by atoms with E-state index in [1.54, 1.807) is 0 Å². The Morgan fingerprint density at radius 1 is 1.26 bits per heavy atom. The second-order valence-electron chi connectivity index (χ2n) is 4.66. The van der Waals surface area contributed by atoms with E-state index in [2.05, 4.69) is 5.32 Å². The maximum atomic E-state index is 12.1. The van der Waals surface area contributed by atoms with Crippen LogP contribution in [0.4, 0.5) is 0 Å². The highest BCUT2D eigenvalue weighted by molar-refractivity contribution is 6.04. The lowest BCUT2D eigenvalue weighted by Crippen LogP contribution is -2.60. The maximum absolute atomic E-state index is 12.1. The highest BCUT2D eigenvalue weighted by atomic mass is 16.5. The van der Waals surface area contributed by atoms with E-state index in [1.807, 2.05) is 30.3 Å². The summed E-state index contributed by atoms with van der Waals surface area (Å²) < 4.78 is 5.15. The summed E-state index contributed by atoms with van der Waals surface area (Å²) in [4.78, 5) is 23.4. The van der Waals surface area contributed by atoms with Gasteiger partial charge >= 0.3 is 11.9 Å². The molecule has 2 N–H and O–H groups in total. The van der Waals surface area contributed by atoms with E-state index >= 15 is 0 Å². The van der Waals surface area contributed by atoms with Crippen LogP contribution in [0.2, 0.25) is 0 Å². The molecule has 0 aliphatic carbocycles. The van der Waals surface area contributed by atoms with Gasteiger partial charge in [0.05, 0.1) is 0 Å². The van der Waals surface area contributed by atoms with E-state index in [-0.39, 0.29) is 13.0 Å². The Labute approximate surface area is 111 Å². The average Bonchev–Trinajstić information content (AvgIpc) is 2.46. The van der Waals surface area contributed by atoms with E-state index in [9.17, 15) is 14.7 Å². The molecule has 0 radical (unpaired) electrons. The molecule has 0 bridgehead atoms. The smallest absolute Gasteiger partial charge is 0.338 e. The van der Waals surface area contributed by atoms with Crippen LogP contribution in [-0.4, -0.2) is 29.1 Å². The van der Waals surface area contributed by atoms with Crippen molar-refractivity contribution in [2.75, 3.05) is 6.54 Å². The molecular weight excluding hydrogens is 246 g/mol. The second kappa shape index (κ2) is 5.84. The number of carboxylic acid groups (broad SMARTS) is 1. The van der Waals surface area contributed by atoms with Crippen LogP contribution in [-0.2, 0) is 20.9 Å². The zero-order valence-electron chi connectivity index (χ0n) is 10.6. The minimum Gasteiger partial charge on any atom is -0.479 e. The molecule has 102 valence electrons. The van der Waals surface area contributed by atoms with Crippen molar-refractivity contribution in [3.63, 3.8) is 0 Å². The minimum atomic E-state index is -1.58. The van der Waals surface area contributed by atoms with E-state index in [4.69, 9.17) is 4.74 Å². The zero-order valence-corrected chi connectivity index (χ0v) is 10.6. The lowest BCUT2D eigenvalue weighted by molar-refractivity contribution is -0.165. The number of hydrogen-bond donors (Lipinski definition) is 2. The number of nitrogens with one attached hydrogen (secondary N) is 1. The van der Waals surface area contributed by atoms with Crippen LogP contribution >= 0.6 is 0 Å². The van der Waals surface area contributed by atoms with Crippen molar-refractivity contribution in [1.82, 2.24) is 5.32 Å². The third kappa shape index (κ3) is 2.93. The quantitative estimate of drug-likeness (QED) is 0.633. The minimum absolute atomic E-state index is 0.0936. The zero-order chi connectivity index (χ0) is 13.7. The SMILES string of the molecule is O=C(O)[C@]1(C(=O)OCc2ccccc2)CCCCN1. The van der Waals surface area contributed by atoms with E-state index in [0.29, 0.717) is 13.0 Å². The molecule has 0 aromatic heterocycles. The molecule has 1 saturated heterocycles. The Balaban J connectivity index is 2.02. The number of benzene rings is 1. The maximum Gasteiger partial charge on any atom is 0.338 e. The Bertz CT molecular complexity index is 452. The molecule has 1 fully saturated rings. The molecule has 0 spiro atoms. The number of ether oxygens (including phenoxy) is 1. The molecule has 5 heteroatoms. The van der Waals surface area contributed by atoms with Crippen LogP contribution in [0, 0.1) is 0 Å². The summed E-state index contributed by atoms with van der Waals surface area (Å²) in [5.74, 6) is -1.87. The van der Waals surface area contributed by atoms with Crippen LogP contribution < -0.4 is 5.32 Å². The van der Waals surface area contributed by atoms with E-state index in [1.165, 1.54) is 0 Å². The number of piperidine rings is 1. The molecule has 0 amide bonds. The monoisotopic (exact) mass is 263 g/mol. The normalized spacial score (nSPS) is 22.7. The number of carboxylic acids is 1. The number of esters is 1. The van der Waals surface area contributed by atoms with E-state index < -0.39 is 17.5 Å². The number of carbonyl (C=O) groups is 2. The Morgan fingerprint density at radius 2 is 2.00 bits per heavy atom. The average molecular weight is 263 g/mol. The highest BCUT2D eigenvalue weighted by Gasteiger charge is 2.48. The third-order valence-electron chi connectivity index (χ3n) is 3.33. The Hall–Kier alpha value is -1.88. The summed E-state index contributed by atoms with van der Waals surface area (Å²) in [5.41, 5.74) is -0.736.